The number of nitrogens with two attached hydrogens (primary N) is 1. The number of anilines is 1. The molecule has 0 aliphatic carbocycles. The number of aromatic nitrogens is 3. The Morgan fingerprint density at radius 2 is 1.73 bits per heavy atom. The van der Waals surface area contributed by atoms with Crippen LogP contribution in [0.25, 0.3) is 5.65 Å². The molecule has 0 bridgehead atoms. The highest BCUT2D eigenvalue weighted by molar-refractivity contribution is 5.72. The summed E-state index contributed by atoms with van der Waals surface area (Å²) in [5, 5.41) is 6.23. The number of benzene rings is 1. The van der Waals surface area contributed by atoms with Crippen LogP contribution in [0.15, 0.2) is 42.5 Å². The zero-order valence-electron chi connectivity index (χ0n) is 16.9. The van der Waals surface area contributed by atoms with Gasteiger partial charge >= 0.3 is 18.4 Å². The van der Waals surface area contributed by atoms with E-state index in [-0.39, 0.29) is 18.9 Å². The van der Waals surface area contributed by atoms with Crippen molar-refractivity contribution in [1.82, 2.24) is 19.5 Å². The van der Waals surface area contributed by atoms with E-state index in [1.54, 1.807) is 18.2 Å². The maximum Gasteiger partial charge on any atom is 0.435 e. The molecule has 33 heavy (non-hydrogen) atoms. The summed E-state index contributed by atoms with van der Waals surface area (Å²) in [4.78, 5) is 16.4. The minimum atomic E-state index is -4.88. The number of primary amides is 1. The van der Waals surface area contributed by atoms with E-state index in [0.29, 0.717) is 29.6 Å². The smallest absolute Gasteiger partial charge is 0.369 e. The average molecular weight is 472 g/mol. The molecule has 1 fully saturated rings. The van der Waals surface area contributed by atoms with Crippen molar-refractivity contribution in [3.8, 4) is 0 Å². The fourth-order valence-corrected chi connectivity index (χ4v) is 3.98. The van der Waals surface area contributed by atoms with Crippen LogP contribution in [-0.2, 0) is 17.8 Å². The van der Waals surface area contributed by atoms with Gasteiger partial charge in [-0.25, -0.2) is 9.78 Å². The lowest BCUT2D eigenvalue weighted by Gasteiger charge is -2.30. The summed E-state index contributed by atoms with van der Waals surface area (Å²) in [6, 6.07) is 9.39. The molecule has 176 valence electrons. The van der Waals surface area contributed by atoms with E-state index >= 15 is 0 Å². The SMILES string of the molecule is NC(=O)N1CC[C@@](CNc2cc(C(F)(F)F)nc3cc(C(F)(F)F)nn23)(c2ccccc2)C1. The average Bonchev–Trinajstić information content (AvgIpc) is 3.37. The highest BCUT2D eigenvalue weighted by Gasteiger charge is 2.42. The van der Waals surface area contributed by atoms with Crippen LogP contribution in [0.3, 0.4) is 0 Å². The van der Waals surface area contributed by atoms with Crippen LogP contribution in [-0.4, -0.2) is 45.2 Å². The summed E-state index contributed by atoms with van der Waals surface area (Å²) in [6.45, 7) is 0.524. The van der Waals surface area contributed by atoms with E-state index in [1.807, 2.05) is 12.1 Å². The second kappa shape index (κ2) is 7.81. The van der Waals surface area contributed by atoms with Gasteiger partial charge in [0.05, 0.1) is 0 Å². The summed E-state index contributed by atoms with van der Waals surface area (Å²) >= 11 is 0. The van der Waals surface area contributed by atoms with Crippen LogP contribution < -0.4 is 11.1 Å². The van der Waals surface area contributed by atoms with Gasteiger partial charge in [-0.2, -0.15) is 36.0 Å². The number of nitrogens with one attached hydrogen (secondary N) is 1. The molecule has 1 aliphatic heterocycles. The molecule has 2 aromatic heterocycles. The van der Waals surface area contributed by atoms with Crippen molar-refractivity contribution in [2.75, 3.05) is 25.0 Å². The van der Waals surface area contributed by atoms with E-state index in [2.05, 4.69) is 15.4 Å². The highest BCUT2D eigenvalue weighted by atomic mass is 19.4. The van der Waals surface area contributed by atoms with E-state index < -0.39 is 40.8 Å². The number of hydrogen-bond acceptors (Lipinski definition) is 4. The number of likely N-dealkylation sites (tertiary alicyclic amines) is 1. The van der Waals surface area contributed by atoms with Crippen molar-refractivity contribution in [2.45, 2.75) is 24.2 Å². The van der Waals surface area contributed by atoms with Crippen LogP contribution in [0, 0.1) is 0 Å². The number of amides is 2. The normalized spacial score (nSPS) is 19.3. The third kappa shape index (κ3) is 4.39. The van der Waals surface area contributed by atoms with Gasteiger partial charge in [0.2, 0.25) is 0 Å². The summed E-state index contributed by atoms with van der Waals surface area (Å²) in [6.07, 6.45) is -9.30. The number of fused-ring (bicyclic) bond motifs is 1. The van der Waals surface area contributed by atoms with E-state index in [9.17, 15) is 31.1 Å². The number of carbonyl (C=O) groups excluding carboxylic acids is 1. The van der Waals surface area contributed by atoms with Crippen molar-refractivity contribution in [3.63, 3.8) is 0 Å². The molecule has 13 heteroatoms. The Bertz CT molecular complexity index is 1180. The van der Waals surface area contributed by atoms with Crippen LogP contribution >= 0.6 is 0 Å². The number of alkyl halides is 6. The monoisotopic (exact) mass is 472 g/mol. The zero-order chi connectivity index (χ0) is 24.0. The molecule has 1 aliphatic rings. The van der Waals surface area contributed by atoms with Gasteiger partial charge in [-0.05, 0) is 12.0 Å². The molecule has 1 atom stereocenters. The van der Waals surface area contributed by atoms with Gasteiger partial charge in [-0.15, -0.1) is 0 Å². The third-order valence-corrected chi connectivity index (χ3v) is 5.67. The lowest BCUT2D eigenvalue weighted by atomic mass is 9.79. The summed E-state index contributed by atoms with van der Waals surface area (Å²) < 4.78 is 80.2. The van der Waals surface area contributed by atoms with Gasteiger partial charge in [-0.1, -0.05) is 30.3 Å². The minimum absolute atomic E-state index is 0.0123. The molecule has 0 spiro atoms. The van der Waals surface area contributed by atoms with Crippen LogP contribution in [0.1, 0.15) is 23.4 Å². The van der Waals surface area contributed by atoms with Gasteiger partial charge < -0.3 is 16.0 Å². The lowest BCUT2D eigenvalue weighted by Crippen LogP contribution is -2.41. The maximum atomic E-state index is 13.4. The maximum absolute atomic E-state index is 13.4. The van der Waals surface area contributed by atoms with Gasteiger partial charge in [0.1, 0.15) is 5.82 Å². The number of rotatable bonds is 4. The van der Waals surface area contributed by atoms with Crippen LogP contribution in [0.4, 0.5) is 37.0 Å². The zero-order valence-corrected chi connectivity index (χ0v) is 16.9. The van der Waals surface area contributed by atoms with Gasteiger partial charge in [0.25, 0.3) is 0 Å². The molecule has 1 saturated heterocycles. The number of halogens is 6. The summed E-state index contributed by atoms with van der Waals surface area (Å²) in [7, 11) is 0. The first-order valence-corrected chi connectivity index (χ1v) is 9.78. The predicted octanol–water partition coefficient (Wildman–Crippen LogP) is 3.90. The quantitative estimate of drug-likeness (QED) is 0.564. The fraction of sp³-hybridized carbons (Fsp3) is 0.350. The second-order valence-electron chi connectivity index (χ2n) is 7.83. The lowest BCUT2D eigenvalue weighted by molar-refractivity contribution is -0.142. The van der Waals surface area contributed by atoms with Crippen LogP contribution in [0.5, 0.6) is 0 Å². The first-order chi connectivity index (χ1) is 15.4. The number of nitrogens with zero attached hydrogens (tertiary/aromatic N) is 4. The standard InChI is InChI=1S/C20H18F6N6O/c21-19(22,23)13-8-15(32-16(29-13)9-14(30-32)20(24,25)26)28-10-18(12-4-2-1-3-5-12)6-7-31(11-18)17(27)33/h1-5,8-9,28H,6-7,10-11H2,(H2,27,33)/t18-/m0/s1. The molecule has 4 rings (SSSR count). The highest BCUT2D eigenvalue weighted by Crippen LogP contribution is 2.36. The molecule has 3 heterocycles. The Hall–Kier alpha value is -3.51. The Labute approximate surface area is 183 Å². The topological polar surface area (TPSA) is 88.5 Å². The van der Waals surface area contributed by atoms with E-state index in [1.165, 1.54) is 4.90 Å². The molecule has 3 aromatic rings. The molecular weight excluding hydrogens is 454 g/mol. The van der Waals surface area contributed by atoms with E-state index in [0.717, 1.165) is 5.56 Å². The summed E-state index contributed by atoms with van der Waals surface area (Å²) in [5.41, 5.74) is 2.16. The molecule has 0 unspecified atom stereocenters. The van der Waals surface area contributed by atoms with Gasteiger partial charge in [0.15, 0.2) is 17.0 Å². The Balaban J connectivity index is 1.75. The number of hydrogen-bond donors (Lipinski definition) is 2. The first kappa shape index (κ1) is 22.7. The van der Waals surface area contributed by atoms with Crippen molar-refractivity contribution in [1.29, 1.82) is 0 Å². The molecule has 3 N–H and O–H groups in total. The molecule has 7 nitrogen and oxygen atoms in total. The molecule has 0 saturated carbocycles. The second-order valence-corrected chi connectivity index (χ2v) is 7.83. The summed E-state index contributed by atoms with van der Waals surface area (Å²) in [5.74, 6) is -0.310. The van der Waals surface area contributed by atoms with Gasteiger partial charge in [0, 0.05) is 37.2 Å². The Kier molecular flexibility index (Phi) is 5.37. The van der Waals surface area contributed by atoms with Crippen molar-refractivity contribution < 1.29 is 31.1 Å². The number of urea groups is 1. The largest absolute Gasteiger partial charge is 0.435 e. The third-order valence-electron chi connectivity index (χ3n) is 5.67. The molecular formula is C20H18F6N6O. The Morgan fingerprint density at radius 1 is 1.06 bits per heavy atom. The molecule has 1 aromatic carbocycles. The predicted molar refractivity (Wildman–Crippen MR) is 105 cm³/mol. The van der Waals surface area contributed by atoms with Gasteiger partial charge in [-0.3, -0.25) is 0 Å². The fourth-order valence-electron chi connectivity index (χ4n) is 3.98. The van der Waals surface area contributed by atoms with E-state index in [4.69, 9.17) is 5.73 Å². The number of carbonyl (C=O) groups is 1. The van der Waals surface area contributed by atoms with Crippen molar-refractivity contribution in [2.24, 2.45) is 5.73 Å². The minimum Gasteiger partial charge on any atom is -0.369 e. The molecule has 0 radical (unpaired) electrons. The molecule has 2 amide bonds. The van der Waals surface area contributed by atoms with Crippen molar-refractivity contribution >= 4 is 17.5 Å². The first-order valence-electron chi connectivity index (χ1n) is 9.78. The van der Waals surface area contributed by atoms with Crippen molar-refractivity contribution in [3.05, 3.63) is 59.4 Å². The van der Waals surface area contributed by atoms with Crippen LogP contribution in [0.2, 0.25) is 0 Å². The Morgan fingerprint density at radius 3 is 2.30 bits per heavy atom.